The first kappa shape index (κ1) is 13.4. The highest BCUT2D eigenvalue weighted by Crippen LogP contribution is 2.32. The van der Waals surface area contributed by atoms with Crippen molar-refractivity contribution in [3.63, 3.8) is 0 Å². The Morgan fingerprint density at radius 2 is 1.76 bits per heavy atom. The molecule has 2 fully saturated rings. The fourth-order valence-electron chi connectivity index (χ4n) is 3.72. The van der Waals surface area contributed by atoms with E-state index in [4.69, 9.17) is 5.73 Å². The largest absolute Gasteiger partial charge is 0.330 e. The molecule has 100 valence electrons. The van der Waals surface area contributed by atoms with E-state index < -0.39 is 0 Å². The molecule has 0 unspecified atom stereocenters. The lowest BCUT2D eigenvalue weighted by atomic mass is 9.80. The second-order valence-electron chi connectivity index (χ2n) is 7.13. The van der Waals surface area contributed by atoms with E-state index in [2.05, 4.69) is 18.7 Å². The van der Waals surface area contributed by atoms with E-state index in [0.29, 0.717) is 5.41 Å². The molecule has 0 aromatic carbocycles. The maximum absolute atomic E-state index is 5.76. The molecule has 2 nitrogen and oxygen atoms in total. The van der Waals surface area contributed by atoms with Crippen molar-refractivity contribution in [2.75, 3.05) is 26.2 Å². The predicted molar refractivity (Wildman–Crippen MR) is 74.0 cm³/mol. The van der Waals surface area contributed by atoms with E-state index in [0.717, 1.165) is 18.4 Å². The quantitative estimate of drug-likeness (QED) is 0.819. The van der Waals surface area contributed by atoms with Crippen LogP contribution in [0.3, 0.4) is 0 Å². The van der Waals surface area contributed by atoms with Crippen molar-refractivity contribution < 1.29 is 0 Å². The highest BCUT2D eigenvalue weighted by Gasteiger charge is 2.28. The Morgan fingerprint density at radius 3 is 2.35 bits per heavy atom. The molecule has 1 heterocycles. The van der Waals surface area contributed by atoms with Crippen LogP contribution in [-0.2, 0) is 0 Å². The van der Waals surface area contributed by atoms with Crippen LogP contribution in [0.15, 0.2) is 0 Å². The van der Waals surface area contributed by atoms with Crippen LogP contribution in [0.4, 0.5) is 0 Å². The van der Waals surface area contributed by atoms with Gasteiger partial charge in [0.2, 0.25) is 0 Å². The van der Waals surface area contributed by atoms with E-state index in [1.54, 1.807) is 0 Å². The Balaban J connectivity index is 1.74. The van der Waals surface area contributed by atoms with Crippen molar-refractivity contribution in [1.29, 1.82) is 0 Å². The Labute approximate surface area is 107 Å². The number of nitrogens with two attached hydrogens (primary N) is 1. The molecule has 1 saturated heterocycles. The minimum Gasteiger partial charge on any atom is -0.330 e. The molecular formula is C15H30N2. The Hall–Kier alpha value is -0.0800. The zero-order chi connectivity index (χ0) is 12.3. The first-order valence-electron chi connectivity index (χ1n) is 7.51. The molecule has 0 spiro atoms. The molecule has 1 saturated carbocycles. The number of likely N-dealkylation sites (tertiary alicyclic amines) is 1. The third-order valence-corrected chi connectivity index (χ3v) is 4.80. The molecular weight excluding hydrogens is 208 g/mol. The molecule has 2 aliphatic rings. The average molecular weight is 238 g/mol. The van der Waals surface area contributed by atoms with Crippen LogP contribution < -0.4 is 5.73 Å². The average Bonchev–Trinajstić information content (AvgIpc) is 2.29. The van der Waals surface area contributed by atoms with Gasteiger partial charge in [0.25, 0.3) is 0 Å². The summed E-state index contributed by atoms with van der Waals surface area (Å²) in [6.45, 7) is 9.74. The minimum absolute atomic E-state index is 0.548. The van der Waals surface area contributed by atoms with Gasteiger partial charge in [0.15, 0.2) is 0 Å². The SMILES string of the molecule is CC1(C)CCCN(CC2CCC(CN)CC2)C1. The maximum Gasteiger partial charge on any atom is 0.00328 e. The third-order valence-electron chi connectivity index (χ3n) is 4.80. The second-order valence-corrected chi connectivity index (χ2v) is 7.13. The number of piperidine rings is 1. The van der Waals surface area contributed by atoms with Gasteiger partial charge in [-0.15, -0.1) is 0 Å². The van der Waals surface area contributed by atoms with Gasteiger partial charge >= 0.3 is 0 Å². The highest BCUT2D eigenvalue weighted by atomic mass is 15.1. The monoisotopic (exact) mass is 238 g/mol. The van der Waals surface area contributed by atoms with Gasteiger partial charge in [-0.2, -0.15) is 0 Å². The molecule has 1 aliphatic carbocycles. The maximum atomic E-state index is 5.76. The van der Waals surface area contributed by atoms with E-state index in [1.165, 1.54) is 58.2 Å². The summed E-state index contributed by atoms with van der Waals surface area (Å²) in [4.78, 5) is 2.72. The van der Waals surface area contributed by atoms with Gasteiger partial charge < -0.3 is 10.6 Å². The summed E-state index contributed by atoms with van der Waals surface area (Å²) < 4.78 is 0. The van der Waals surface area contributed by atoms with Gasteiger partial charge in [-0.1, -0.05) is 13.8 Å². The van der Waals surface area contributed by atoms with E-state index in [1.807, 2.05) is 0 Å². The zero-order valence-electron chi connectivity index (χ0n) is 11.8. The van der Waals surface area contributed by atoms with E-state index in [9.17, 15) is 0 Å². The van der Waals surface area contributed by atoms with Crippen molar-refractivity contribution >= 4 is 0 Å². The van der Waals surface area contributed by atoms with Crippen LogP contribution in [0.25, 0.3) is 0 Å². The van der Waals surface area contributed by atoms with Gasteiger partial charge in [-0.3, -0.25) is 0 Å². The van der Waals surface area contributed by atoms with Crippen molar-refractivity contribution in [3.8, 4) is 0 Å². The standard InChI is InChI=1S/C15H30N2/c1-15(2)8-3-9-17(12-15)11-14-6-4-13(10-16)5-7-14/h13-14H,3-12,16H2,1-2H3. The second kappa shape index (κ2) is 5.71. The predicted octanol–water partition coefficient (Wildman–Crippen LogP) is 2.87. The lowest BCUT2D eigenvalue weighted by Crippen LogP contribution is -2.43. The molecule has 0 bridgehead atoms. The van der Waals surface area contributed by atoms with Gasteiger partial charge in [0.05, 0.1) is 0 Å². The molecule has 2 rings (SSSR count). The third kappa shape index (κ3) is 3.96. The molecule has 2 heteroatoms. The first-order valence-corrected chi connectivity index (χ1v) is 7.51. The van der Waals surface area contributed by atoms with Gasteiger partial charge in [0, 0.05) is 13.1 Å². The Bertz CT molecular complexity index is 229. The Kier molecular flexibility index (Phi) is 4.48. The lowest BCUT2D eigenvalue weighted by molar-refractivity contribution is 0.0897. The molecule has 0 aromatic heterocycles. The summed E-state index contributed by atoms with van der Waals surface area (Å²) in [7, 11) is 0. The molecule has 17 heavy (non-hydrogen) atoms. The number of hydrogen-bond acceptors (Lipinski definition) is 2. The van der Waals surface area contributed by atoms with Gasteiger partial charge in [0.1, 0.15) is 0 Å². The van der Waals surface area contributed by atoms with Crippen LogP contribution in [0, 0.1) is 17.3 Å². The van der Waals surface area contributed by atoms with Crippen molar-refractivity contribution in [2.45, 2.75) is 52.4 Å². The normalized spacial score (nSPS) is 34.8. The van der Waals surface area contributed by atoms with E-state index in [-0.39, 0.29) is 0 Å². The molecule has 2 N–H and O–H groups in total. The number of rotatable bonds is 3. The molecule has 1 aliphatic heterocycles. The van der Waals surface area contributed by atoms with Crippen molar-refractivity contribution in [1.82, 2.24) is 4.90 Å². The highest BCUT2D eigenvalue weighted by molar-refractivity contribution is 4.82. The molecule has 0 atom stereocenters. The summed E-state index contributed by atoms with van der Waals surface area (Å²) in [5.41, 5.74) is 6.31. The molecule has 0 radical (unpaired) electrons. The fraction of sp³-hybridized carbons (Fsp3) is 1.00. The topological polar surface area (TPSA) is 29.3 Å². The smallest absolute Gasteiger partial charge is 0.00328 e. The van der Waals surface area contributed by atoms with Crippen molar-refractivity contribution in [2.24, 2.45) is 23.0 Å². The van der Waals surface area contributed by atoms with Crippen LogP contribution in [-0.4, -0.2) is 31.1 Å². The fourth-order valence-corrected chi connectivity index (χ4v) is 3.72. The molecule has 0 aromatic rings. The van der Waals surface area contributed by atoms with E-state index >= 15 is 0 Å². The van der Waals surface area contributed by atoms with Crippen LogP contribution in [0.2, 0.25) is 0 Å². The van der Waals surface area contributed by atoms with Crippen LogP contribution in [0.5, 0.6) is 0 Å². The van der Waals surface area contributed by atoms with Crippen LogP contribution in [0.1, 0.15) is 52.4 Å². The minimum atomic E-state index is 0.548. The van der Waals surface area contributed by atoms with Gasteiger partial charge in [-0.05, 0) is 68.9 Å². The summed E-state index contributed by atoms with van der Waals surface area (Å²) in [6, 6.07) is 0. The summed E-state index contributed by atoms with van der Waals surface area (Å²) in [5, 5.41) is 0. The lowest BCUT2D eigenvalue weighted by Gasteiger charge is -2.40. The van der Waals surface area contributed by atoms with Crippen LogP contribution >= 0.6 is 0 Å². The van der Waals surface area contributed by atoms with Gasteiger partial charge in [-0.25, -0.2) is 0 Å². The zero-order valence-corrected chi connectivity index (χ0v) is 11.8. The van der Waals surface area contributed by atoms with Crippen molar-refractivity contribution in [3.05, 3.63) is 0 Å². The molecule has 0 amide bonds. The summed E-state index contributed by atoms with van der Waals surface area (Å²) in [6.07, 6.45) is 8.38. The Morgan fingerprint density at radius 1 is 1.12 bits per heavy atom. The summed E-state index contributed by atoms with van der Waals surface area (Å²) in [5.74, 6) is 1.77. The first-order chi connectivity index (χ1) is 8.09. The summed E-state index contributed by atoms with van der Waals surface area (Å²) >= 11 is 0. The number of nitrogens with zero attached hydrogens (tertiary/aromatic N) is 1. The number of hydrogen-bond donors (Lipinski definition) is 1.